The van der Waals surface area contributed by atoms with Crippen molar-refractivity contribution in [1.29, 1.82) is 0 Å². The van der Waals surface area contributed by atoms with Crippen LogP contribution in [0.1, 0.15) is 36.9 Å². The largest absolute Gasteiger partial charge is 0.212 e. The number of alkyl halides is 1. The molecule has 0 radical (unpaired) electrons. The van der Waals surface area contributed by atoms with E-state index in [1.807, 2.05) is 38.1 Å². The highest BCUT2D eigenvalue weighted by Crippen LogP contribution is 2.14. The van der Waals surface area contributed by atoms with Crippen LogP contribution in [0.25, 0.3) is 0 Å². The standard InChI is InChI=1S/C13H20ClNO2S/c1-11-5-7-13(8-6-11)12(2)15-18(16,17)10-4-3-9-14/h5-8,12,15H,3-4,9-10H2,1-2H3. The Balaban J connectivity index is 2.58. The fourth-order valence-corrected chi connectivity index (χ4v) is 3.20. The third-order valence-corrected chi connectivity index (χ3v) is 4.54. The lowest BCUT2D eigenvalue weighted by Crippen LogP contribution is -2.29. The Morgan fingerprint density at radius 2 is 1.83 bits per heavy atom. The Bertz CT molecular complexity index is 456. The maximum atomic E-state index is 11.8. The molecule has 0 spiro atoms. The smallest absolute Gasteiger partial charge is 0.212 e. The van der Waals surface area contributed by atoms with Crippen LogP contribution in [0, 0.1) is 6.92 Å². The minimum atomic E-state index is -3.22. The fourth-order valence-electron chi connectivity index (χ4n) is 1.64. The molecule has 0 aliphatic carbocycles. The summed E-state index contributed by atoms with van der Waals surface area (Å²) in [6, 6.07) is 7.65. The predicted octanol–water partition coefficient (Wildman–Crippen LogP) is 2.99. The molecule has 102 valence electrons. The van der Waals surface area contributed by atoms with E-state index in [0.717, 1.165) is 17.5 Å². The molecule has 1 atom stereocenters. The summed E-state index contributed by atoms with van der Waals surface area (Å²) < 4.78 is 26.3. The molecule has 0 bridgehead atoms. The number of rotatable bonds is 7. The molecule has 0 saturated heterocycles. The molecule has 1 unspecified atom stereocenters. The molecule has 0 amide bonds. The van der Waals surface area contributed by atoms with Crippen LogP contribution in [-0.4, -0.2) is 20.1 Å². The summed E-state index contributed by atoms with van der Waals surface area (Å²) in [6.07, 6.45) is 1.32. The van der Waals surface area contributed by atoms with Gasteiger partial charge in [-0.3, -0.25) is 0 Å². The molecule has 0 aliphatic heterocycles. The van der Waals surface area contributed by atoms with E-state index in [9.17, 15) is 8.42 Å². The molecule has 18 heavy (non-hydrogen) atoms. The van der Waals surface area contributed by atoms with E-state index in [1.165, 1.54) is 0 Å². The van der Waals surface area contributed by atoms with Gasteiger partial charge in [0.25, 0.3) is 0 Å². The van der Waals surface area contributed by atoms with Gasteiger partial charge in [0.05, 0.1) is 5.75 Å². The van der Waals surface area contributed by atoms with E-state index in [2.05, 4.69) is 4.72 Å². The van der Waals surface area contributed by atoms with Gasteiger partial charge < -0.3 is 0 Å². The van der Waals surface area contributed by atoms with Crippen molar-refractivity contribution in [3.63, 3.8) is 0 Å². The molecular formula is C13H20ClNO2S. The topological polar surface area (TPSA) is 46.2 Å². The second-order valence-corrected chi connectivity index (χ2v) is 6.72. The minimum absolute atomic E-state index is 0.135. The molecule has 3 nitrogen and oxygen atoms in total. The normalized spacial score (nSPS) is 13.5. The van der Waals surface area contributed by atoms with Crippen LogP contribution in [-0.2, 0) is 10.0 Å². The van der Waals surface area contributed by atoms with Gasteiger partial charge in [-0.15, -0.1) is 11.6 Å². The number of nitrogens with one attached hydrogen (secondary N) is 1. The van der Waals surface area contributed by atoms with Crippen molar-refractivity contribution < 1.29 is 8.42 Å². The highest BCUT2D eigenvalue weighted by atomic mass is 35.5. The second kappa shape index (κ2) is 7.12. The van der Waals surface area contributed by atoms with Crippen molar-refractivity contribution in [2.75, 3.05) is 11.6 Å². The Morgan fingerprint density at radius 3 is 2.39 bits per heavy atom. The third-order valence-electron chi connectivity index (χ3n) is 2.73. The van der Waals surface area contributed by atoms with Crippen molar-refractivity contribution in [2.24, 2.45) is 0 Å². The zero-order valence-electron chi connectivity index (χ0n) is 10.8. The molecular weight excluding hydrogens is 270 g/mol. The zero-order chi connectivity index (χ0) is 13.6. The summed E-state index contributed by atoms with van der Waals surface area (Å²) >= 11 is 5.53. The summed E-state index contributed by atoms with van der Waals surface area (Å²) in [5, 5.41) is 0. The number of sulfonamides is 1. The monoisotopic (exact) mass is 289 g/mol. The van der Waals surface area contributed by atoms with E-state index in [0.29, 0.717) is 12.3 Å². The lowest BCUT2D eigenvalue weighted by atomic mass is 10.1. The zero-order valence-corrected chi connectivity index (χ0v) is 12.4. The number of benzene rings is 1. The van der Waals surface area contributed by atoms with Crippen molar-refractivity contribution in [2.45, 2.75) is 32.7 Å². The van der Waals surface area contributed by atoms with Crippen LogP contribution in [0.5, 0.6) is 0 Å². The second-order valence-electron chi connectivity index (χ2n) is 4.47. The van der Waals surface area contributed by atoms with Crippen LogP contribution in [0.15, 0.2) is 24.3 Å². The van der Waals surface area contributed by atoms with Gasteiger partial charge in [0, 0.05) is 11.9 Å². The Morgan fingerprint density at radius 1 is 1.22 bits per heavy atom. The molecule has 5 heteroatoms. The first-order valence-electron chi connectivity index (χ1n) is 6.07. The first-order valence-corrected chi connectivity index (χ1v) is 8.26. The van der Waals surface area contributed by atoms with E-state index in [1.54, 1.807) is 0 Å². The summed E-state index contributed by atoms with van der Waals surface area (Å²) in [6.45, 7) is 3.86. The van der Waals surface area contributed by atoms with Gasteiger partial charge >= 0.3 is 0 Å². The first-order chi connectivity index (χ1) is 8.44. The molecule has 0 heterocycles. The molecule has 0 saturated carbocycles. The lowest BCUT2D eigenvalue weighted by Gasteiger charge is -2.14. The maximum absolute atomic E-state index is 11.8. The van der Waals surface area contributed by atoms with Crippen LogP contribution in [0.4, 0.5) is 0 Å². The van der Waals surface area contributed by atoms with Gasteiger partial charge in [-0.1, -0.05) is 29.8 Å². The van der Waals surface area contributed by atoms with Crippen LogP contribution in [0.3, 0.4) is 0 Å². The number of unbranched alkanes of at least 4 members (excludes halogenated alkanes) is 1. The van der Waals surface area contributed by atoms with Crippen molar-refractivity contribution in [3.05, 3.63) is 35.4 Å². The molecule has 1 N–H and O–H groups in total. The van der Waals surface area contributed by atoms with Crippen LogP contribution < -0.4 is 4.72 Å². The van der Waals surface area contributed by atoms with Crippen molar-refractivity contribution in [1.82, 2.24) is 4.72 Å². The Kier molecular flexibility index (Phi) is 6.12. The molecule has 0 aromatic heterocycles. The van der Waals surface area contributed by atoms with Gasteiger partial charge in [-0.05, 0) is 32.3 Å². The third kappa shape index (κ3) is 5.38. The van der Waals surface area contributed by atoms with Gasteiger partial charge in [0.1, 0.15) is 0 Å². The molecule has 0 aliphatic rings. The molecule has 0 fully saturated rings. The average molecular weight is 290 g/mol. The lowest BCUT2D eigenvalue weighted by molar-refractivity contribution is 0.564. The molecule has 1 aromatic rings. The molecule has 1 rings (SSSR count). The minimum Gasteiger partial charge on any atom is -0.212 e. The quantitative estimate of drug-likeness (QED) is 0.619. The van der Waals surface area contributed by atoms with Crippen molar-refractivity contribution >= 4 is 21.6 Å². The van der Waals surface area contributed by atoms with Gasteiger partial charge in [-0.2, -0.15) is 0 Å². The Hall–Kier alpha value is -0.580. The Labute approximate surface area is 115 Å². The fraction of sp³-hybridized carbons (Fsp3) is 0.538. The van der Waals surface area contributed by atoms with E-state index >= 15 is 0 Å². The van der Waals surface area contributed by atoms with Gasteiger partial charge in [-0.25, -0.2) is 13.1 Å². The molecule has 1 aromatic carbocycles. The van der Waals surface area contributed by atoms with Gasteiger partial charge in [0.15, 0.2) is 0 Å². The van der Waals surface area contributed by atoms with Crippen LogP contribution in [0.2, 0.25) is 0 Å². The van der Waals surface area contributed by atoms with Crippen molar-refractivity contribution in [3.8, 4) is 0 Å². The van der Waals surface area contributed by atoms with Gasteiger partial charge in [0.2, 0.25) is 10.0 Å². The first kappa shape index (κ1) is 15.5. The highest BCUT2D eigenvalue weighted by molar-refractivity contribution is 7.89. The number of aryl methyl sites for hydroxylation is 1. The van der Waals surface area contributed by atoms with Crippen LogP contribution >= 0.6 is 11.6 Å². The summed E-state index contributed by atoms with van der Waals surface area (Å²) in [5.41, 5.74) is 2.14. The highest BCUT2D eigenvalue weighted by Gasteiger charge is 2.15. The predicted molar refractivity (Wildman–Crippen MR) is 76.5 cm³/mol. The maximum Gasteiger partial charge on any atom is 0.212 e. The summed E-state index contributed by atoms with van der Waals surface area (Å²) in [4.78, 5) is 0. The summed E-state index contributed by atoms with van der Waals surface area (Å²) in [7, 11) is -3.22. The number of hydrogen-bond donors (Lipinski definition) is 1. The SMILES string of the molecule is Cc1ccc(C(C)NS(=O)(=O)CCCCCl)cc1. The number of halogens is 1. The number of hydrogen-bond acceptors (Lipinski definition) is 2. The van der Waals surface area contributed by atoms with E-state index in [4.69, 9.17) is 11.6 Å². The van der Waals surface area contributed by atoms with E-state index in [-0.39, 0.29) is 11.8 Å². The van der Waals surface area contributed by atoms with E-state index < -0.39 is 10.0 Å². The summed E-state index contributed by atoms with van der Waals surface area (Å²) in [5.74, 6) is 0.638. The average Bonchev–Trinajstić information content (AvgIpc) is 2.29.